The molecule has 0 saturated carbocycles. The van der Waals surface area contributed by atoms with Gasteiger partial charge >= 0.3 is 0 Å². The van der Waals surface area contributed by atoms with Crippen LogP contribution in [0.1, 0.15) is 43.3 Å². The van der Waals surface area contributed by atoms with Crippen molar-refractivity contribution < 1.29 is 4.74 Å². The molecule has 4 heteroatoms. The Morgan fingerprint density at radius 3 is 2.67 bits per heavy atom. The number of hydrogen-bond donors (Lipinski definition) is 1. The Morgan fingerprint density at radius 1 is 1.33 bits per heavy atom. The van der Waals surface area contributed by atoms with Crippen LogP contribution in [0.5, 0.6) is 5.75 Å². The summed E-state index contributed by atoms with van der Waals surface area (Å²) in [5.74, 6) is 0.911. The summed E-state index contributed by atoms with van der Waals surface area (Å²) in [6.45, 7) is 9.46. The standard InChI is InChI=1S/C17H25N3O/c1-6-10-18-13(3)17-15(8-7-9-16(17)21-5)20-11-19-12(2)14(20)4/h7-9,11,13,18H,6,10H2,1-5H3. The zero-order valence-electron chi connectivity index (χ0n) is 13.6. The molecule has 1 aromatic heterocycles. The van der Waals surface area contributed by atoms with Crippen molar-refractivity contribution in [1.29, 1.82) is 0 Å². The highest BCUT2D eigenvalue weighted by Crippen LogP contribution is 2.32. The third kappa shape index (κ3) is 3.10. The molecule has 1 aromatic carbocycles. The van der Waals surface area contributed by atoms with E-state index in [1.807, 2.05) is 25.4 Å². The molecule has 1 N–H and O–H groups in total. The van der Waals surface area contributed by atoms with Crippen LogP contribution in [0.4, 0.5) is 0 Å². The highest BCUT2D eigenvalue weighted by atomic mass is 16.5. The average molecular weight is 287 g/mol. The number of benzene rings is 1. The summed E-state index contributed by atoms with van der Waals surface area (Å²) < 4.78 is 7.72. The van der Waals surface area contributed by atoms with E-state index in [9.17, 15) is 0 Å². The predicted octanol–water partition coefficient (Wildman–Crippen LogP) is 3.56. The first kappa shape index (κ1) is 15.6. The number of nitrogens with zero attached hydrogens (tertiary/aromatic N) is 2. The van der Waals surface area contributed by atoms with E-state index in [0.717, 1.165) is 35.8 Å². The number of nitrogens with one attached hydrogen (secondary N) is 1. The molecule has 0 bridgehead atoms. The molecule has 0 aliphatic heterocycles. The van der Waals surface area contributed by atoms with Crippen LogP contribution in [0.25, 0.3) is 5.69 Å². The first-order valence-corrected chi connectivity index (χ1v) is 7.51. The van der Waals surface area contributed by atoms with Crippen molar-refractivity contribution in [2.24, 2.45) is 0 Å². The third-order valence-electron chi connectivity index (χ3n) is 3.91. The molecule has 0 radical (unpaired) electrons. The summed E-state index contributed by atoms with van der Waals surface area (Å²) in [7, 11) is 1.72. The minimum absolute atomic E-state index is 0.221. The van der Waals surface area contributed by atoms with Crippen molar-refractivity contribution in [3.8, 4) is 11.4 Å². The summed E-state index contributed by atoms with van der Waals surface area (Å²) >= 11 is 0. The van der Waals surface area contributed by atoms with Gasteiger partial charge in [-0.05, 0) is 45.9 Å². The summed E-state index contributed by atoms with van der Waals surface area (Å²) in [5.41, 5.74) is 4.52. The molecule has 1 heterocycles. The molecule has 0 aliphatic rings. The van der Waals surface area contributed by atoms with E-state index < -0.39 is 0 Å². The quantitative estimate of drug-likeness (QED) is 0.883. The van der Waals surface area contributed by atoms with Crippen molar-refractivity contribution in [3.05, 3.63) is 41.5 Å². The fourth-order valence-electron chi connectivity index (χ4n) is 2.56. The zero-order valence-corrected chi connectivity index (χ0v) is 13.6. The summed E-state index contributed by atoms with van der Waals surface area (Å²) in [6.07, 6.45) is 2.99. The van der Waals surface area contributed by atoms with E-state index in [0.29, 0.717) is 0 Å². The van der Waals surface area contributed by atoms with Crippen LogP contribution in [-0.2, 0) is 0 Å². The SMILES string of the molecule is CCCNC(C)c1c(OC)cccc1-n1cnc(C)c1C. The number of imidazole rings is 1. The number of aromatic nitrogens is 2. The maximum absolute atomic E-state index is 5.58. The van der Waals surface area contributed by atoms with Gasteiger partial charge in [0.2, 0.25) is 0 Å². The van der Waals surface area contributed by atoms with Gasteiger partial charge < -0.3 is 14.6 Å². The normalized spacial score (nSPS) is 12.4. The van der Waals surface area contributed by atoms with Gasteiger partial charge in [-0.25, -0.2) is 4.98 Å². The van der Waals surface area contributed by atoms with Gasteiger partial charge in [-0.3, -0.25) is 0 Å². The lowest BCUT2D eigenvalue weighted by Crippen LogP contribution is -2.21. The van der Waals surface area contributed by atoms with Gasteiger partial charge in [0.15, 0.2) is 0 Å². The molecule has 0 saturated heterocycles. The number of aryl methyl sites for hydroxylation is 1. The molecule has 2 aromatic rings. The van der Waals surface area contributed by atoms with Crippen LogP contribution in [-0.4, -0.2) is 23.2 Å². The van der Waals surface area contributed by atoms with Gasteiger partial charge in [-0.1, -0.05) is 13.0 Å². The first-order chi connectivity index (χ1) is 10.1. The topological polar surface area (TPSA) is 39.1 Å². The second-order valence-electron chi connectivity index (χ2n) is 5.35. The molecule has 1 atom stereocenters. The molecule has 0 fully saturated rings. The van der Waals surface area contributed by atoms with Crippen molar-refractivity contribution in [2.45, 2.75) is 40.2 Å². The van der Waals surface area contributed by atoms with Crippen molar-refractivity contribution >= 4 is 0 Å². The summed E-state index contributed by atoms with van der Waals surface area (Å²) in [6, 6.07) is 6.38. The van der Waals surface area contributed by atoms with Crippen LogP contribution in [0.3, 0.4) is 0 Å². The van der Waals surface area contributed by atoms with E-state index in [-0.39, 0.29) is 6.04 Å². The Hall–Kier alpha value is -1.81. The minimum atomic E-state index is 0.221. The molecule has 0 aliphatic carbocycles. The summed E-state index contributed by atoms with van der Waals surface area (Å²) in [5, 5.41) is 3.55. The molecular formula is C17H25N3O. The molecule has 0 spiro atoms. The number of hydrogen-bond acceptors (Lipinski definition) is 3. The van der Waals surface area contributed by atoms with Gasteiger partial charge in [0.1, 0.15) is 5.75 Å². The van der Waals surface area contributed by atoms with E-state index in [1.54, 1.807) is 7.11 Å². The minimum Gasteiger partial charge on any atom is -0.496 e. The van der Waals surface area contributed by atoms with Gasteiger partial charge in [0, 0.05) is 17.3 Å². The Bertz CT molecular complexity index is 604. The van der Waals surface area contributed by atoms with Crippen LogP contribution >= 0.6 is 0 Å². The van der Waals surface area contributed by atoms with Crippen LogP contribution in [0.2, 0.25) is 0 Å². The molecule has 114 valence electrons. The maximum Gasteiger partial charge on any atom is 0.125 e. The first-order valence-electron chi connectivity index (χ1n) is 7.51. The number of methoxy groups -OCH3 is 1. The van der Waals surface area contributed by atoms with Crippen LogP contribution in [0, 0.1) is 13.8 Å². The lowest BCUT2D eigenvalue weighted by atomic mass is 10.0. The van der Waals surface area contributed by atoms with Crippen molar-refractivity contribution in [2.75, 3.05) is 13.7 Å². The molecule has 0 amide bonds. The van der Waals surface area contributed by atoms with Crippen molar-refractivity contribution in [3.63, 3.8) is 0 Å². The highest BCUT2D eigenvalue weighted by molar-refractivity contribution is 5.52. The zero-order chi connectivity index (χ0) is 15.4. The summed E-state index contributed by atoms with van der Waals surface area (Å²) in [4.78, 5) is 4.41. The van der Waals surface area contributed by atoms with E-state index in [2.05, 4.69) is 41.7 Å². The van der Waals surface area contributed by atoms with Gasteiger partial charge in [0.05, 0.1) is 24.8 Å². The second kappa shape index (κ2) is 6.76. The number of ether oxygens (including phenoxy) is 1. The molecular weight excluding hydrogens is 262 g/mol. The lowest BCUT2D eigenvalue weighted by molar-refractivity contribution is 0.401. The molecule has 4 nitrogen and oxygen atoms in total. The van der Waals surface area contributed by atoms with Crippen LogP contribution in [0.15, 0.2) is 24.5 Å². The molecule has 2 rings (SSSR count). The van der Waals surface area contributed by atoms with Gasteiger partial charge in [0.25, 0.3) is 0 Å². The number of rotatable bonds is 6. The Kier molecular flexibility index (Phi) is 5.02. The molecule has 1 unspecified atom stereocenters. The Labute approximate surface area is 127 Å². The fourth-order valence-corrected chi connectivity index (χ4v) is 2.56. The Balaban J connectivity index is 2.52. The van der Waals surface area contributed by atoms with E-state index >= 15 is 0 Å². The van der Waals surface area contributed by atoms with E-state index in [1.165, 1.54) is 5.56 Å². The maximum atomic E-state index is 5.58. The third-order valence-corrected chi connectivity index (χ3v) is 3.91. The monoisotopic (exact) mass is 287 g/mol. The second-order valence-corrected chi connectivity index (χ2v) is 5.35. The van der Waals surface area contributed by atoms with E-state index in [4.69, 9.17) is 4.74 Å². The van der Waals surface area contributed by atoms with Crippen LogP contribution < -0.4 is 10.1 Å². The predicted molar refractivity (Wildman–Crippen MR) is 86.3 cm³/mol. The average Bonchev–Trinajstić information content (AvgIpc) is 2.83. The smallest absolute Gasteiger partial charge is 0.125 e. The largest absolute Gasteiger partial charge is 0.496 e. The van der Waals surface area contributed by atoms with Gasteiger partial charge in [-0.15, -0.1) is 0 Å². The van der Waals surface area contributed by atoms with Gasteiger partial charge in [-0.2, -0.15) is 0 Å². The Morgan fingerprint density at radius 2 is 2.10 bits per heavy atom. The fraction of sp³-hybridized carbons (Fsp3) is 0.471. The van der Waals surface area contributed by atoms with Crippen molar-refractivity contribution in [1.82, 2.24) is 14.9 Å². The lowest BCUT2D eigenvalue weighted by Gasteiger charge is -2.21. The molecule has 21 heavy (non-hydrogen) atoms. The highest BCUT2D eigenvalue weighted by Gasteiger charge is 2.18.